The lowest BCUT2D eigenvalue weighted by Crippen LogP contribution is -2.37. The number of nitrogens with zero attached hydrogens (tertiary/aromatic N) is 1. The molecule has 0 aliphatic rings. The zero-order valence-corrected chi connectivity index (χ0v) is 14.6. The van der Waals surface area contributed by atoms with Crippen molar-refractivity contribution in [1.29, 1.82) is 0 Å². The summed E-state index contributed by atoms with van der Waals surface area (Å²) in [5.74, 6) is 0.0215. The van der Waals surface area contributed by atoms with Crippen molar-refractivity contribution in [2.24, 2.45) is 0 Å². The number of carbonyl (C=O) groups excluding carboxylic acids is 1. The third-order valence-electron chi connectivity index (χ3n) is 3.20. The first kappa shape index (κ1) is 18.1. The number of hydrogen-bond acceptors (Lipinski definition) is 3. The molecule has 0 N–H and O–H groups in total. The lowest BCUT2D eigenvalue weighted by molar-refractivity contribution is 0.0549. The molecule has 0 aliphatic carbocycles. The van der Waals surface area contributed by atoms with Crippen molar-refractivity contribution in [2.45, 2.75) is 20.8 Å². The normalized spacial score (nSPS) is 10.7. The third-order valence-corrected chi connectivity index (χ3v) is 4.06. The average molecular weight is 358 g/mol. The molecule has 0 heterocycles. The lowest BCUT2D eigenvalue weighted by atomic mass is 10.1. The van der Waals surface area contributed by atoms with Crippen LogP contribution in [0.3, 0.4) is 0 Å². The molecule has 1 aromatic rings. The van der Waals surface area contributed by atoms with Crippen LogP contribution in [-0.2, 0) is 9.47 Å². The van der Waals surface area contributed by atoms with Gasteiger partial charge in [-0.25, -0.2) is 0 Å². The fraction of sp³-hybridized carbons (Fsp3) is 0.562. The Morgan fingerprint density at radius 2 is 1.71 bits per heavy atom. The second-order valence-electron chi connectivity index (χ2n) is 4.60. The first-order chi connectivity index (χ1) is 10.1. The van der Waals surface area contributed by atoms with Crippen LogP contribution < -0.4 is 0 Å². The van der Waals surface area contributed by atoms with Crippen LogP contribution in [-0.4, -0.2) is 50.3 Å². The van der Waals surface area contributed by atoms with Gasteiger partial charge in [-0.2, -0.15) is 0 Å². The summed E-state index contributed by atoms with van der Waals surface area (Å²) < 4.78 is 11.7. The molecule has 0 bridgehead atoms. The van der Waals surface area contributed by atoms with E-state index in [0.29, 0.717) is 39.5 Å². The minimum Gasteiger partial charge on any atom is -0.380 e. The van der Waals surface area contributed by atoms with E-state index in [1.807, 2.05) is 39.0 Å². The Balaban J connectivity index is 2.79. The molecular weight excluding hydrogens is 334 g/mol. The largest absolute Gasteiger partial charge is 0.380 e. The minimum absolute atomic E-state index is 0.0215. The van der Waals surface area contributed by atoms with Crippen LogP contribution in [0.1, 0.15) is 29.8 Å². The number of ether oxygens (including phenoxy) is 2. The monoisotopic (exact) mass is 357 g/mol. The summed E-state index contributed by atoms with van der Waals surface area (Å²) in [7, 11) is 0. The molecule has 0 radical (unpaired) electrons. The molecule has 1 aromatic carbocycles. The highest BCUT2D eigenvalue weighted by Gasteiger charge is 2.18. The molecule has 0 atom stereocenters. The van der Waals surface area contributed by atoms with Gasteiger partial charge in [-0.15, -0.1) is 0 Å². The van der Waals surface area contributed by atoms with Crippen molar-refractivity contribution in [3.63, 3.8) is 0 Å². The maximum Gasteiger partial charge on any atom is 0.254 e. The Morgan fingerprint density at radius 3 is 2.24 bits per heavy atom. The summed E-state index contributed by atoms with van der Waals surface area (Å²) >= 11 is 3.47. The van der Waals surface area contributed by atoms with Gasteiger partial charge in [0.1, 0.15) is 0 Å². The molecule has 0 aliphatic heterocycles. The fourth-order valence-corrected chi connectivity index (χ4v) is 2.33. The summed E-state index contributed by atoms with van der Waals surface area (Å²) in [6.45, 7) is 9.39. The van der Waals surface area contributed by atoms with Crippen molar-refractivity contribution in [1.82, 2.24) is 4.90 Å². The lowest BCUT2D eigenvalue weighted by Gasteiger charge is -2.23. The Morgan fingerprint density at radius 1 is 1.14 bits per heavy atom. The Bertz CT molecular complexity index is 441. The first-order valence-corrected chi connectivity index (χ1v) is 8.11. The first-order valence-electron chi connectivity index (χ1n) is 7.31. The Kier molecular flexibility index (Phi) is 8.57. The smallest absolute Gasteiger partial charge is 0.254 e. The molecule has 1 rings (SSSR count). The van der Waals surface area contributed by atoms with Crippen LogP contribution in [0.2, 0.25) is 0 Å². The van der Waals surface area contributed by atoms with Crippen molar-refractivity contribution in [3.8, 4) is 0 Å². The van der Waals surface area contributed by atoms with Gasteiger partial charge in [0.15, 0.2) is 0 Å². The predicted octanol–water partition coefficient (Wildman–Crippen LogP) is 3.27. The molecule has 0 aromatic heterocycles. The van der Waals surface area contributed by atoms with Crippen molar-refractivity contribution >= 4 is 21.8 Å². The van der Waals surface area contributed by atoms with Crippen molar-refractivity contribution in [2.75, 3.05) is 39.5 Å². The van der Waals surface area contributed by atoms with Crippen molar-refractivity contribution < 1.29 is 14.3 Å². The summed E-state index contributed by atoms with van der Waals surface area (Å²) in [6, 6.07) is 5.68. The highest BCUT2D eigenvalue weighted by molar-refractivity contribution is 9.10. The van der Waals surface area contributed by atoms with Gasteiger partial charge in [0.25, 0.3) is 5.91 Å². The molecule has 21 heavy (non-hydrogen) atoms. The maximum absolute atomic E-state index is 12.7. The number of halogens is 1. The number of benzene rings is 1. The molecule has 5 heteroatoms. The molecule has 1 amide bonds. The van der Waals surface area contributed by atoms with Crippen LogP contribution in [0.15, 0.2) is 22.7 Å². The zero-order chi connectivity index (χ0) is 15.7. The van der Waals surface area contributed by atoms with Gasteiger partial charge in [0.05, 0.1) is 13.2 Å². The molecule has 0 unspecified atom stereocenters. The Hall–Kier alpha value is -0.910. The van der Waals surface area contributed by atoms with Crippen LogP contribution in [0.25, 0.3) is 0 Å². The molecule has 118 valence electrons. The van der Waals surface area contributed by atoms with E-state index < -0.39 is 0 Å². The van der Waals surface area contributed by atoms with E-state index in [-0.39, 0.29) is 5.91 Å². The fourth-order valence-electron chi connectivity index (χ4n) is 1.96. The van der Waals surface area contributed by atoms with Gasteiger partial charge >= 0.3 is 0 Å². The molecule has 4 nitrogen and oxygen atoms in total. The second-order valence-corrected chi connectivity index (χ2v) is 5.45. The number of amides is 1. The number of rotatable bonds is 9. The molecule has 0 saturated heterocycles. The summed E-state index contributed by atoms with van der Waals surface area (Å²) in [5.41, 5.74) is 1.68. The summed E-state index contributed by atoms with van der Waals surface area (Å²) in [4.78, 5) is 14.5. The topological polar surface area (TPSA) is 38.8 Å². The summed E-state index contributed by atoms with van der Waals surface area (Å²) in [6.07, 6.45) is 0. The third kappa shape index (κ3) is 5.77. The zero-order valence-electron chi connectivity index (χ0n) is 13.0. The van der Waals surface area contributed by atoms with Gasteiger partial charge in [-0.3, -0.25) is 4.79 Å². The van der Waals surface area contributed by atoms with Crippen LogP contribution >= 0.6 is 15.9 Å². The van der Waals surface area contributed by atoms with Gasteiger partial charge in [0, 0.05) is 36.3 Å². The van der Waals surface area contributed by atoms with E-state index in [1.54, 1.807) is 4.90 Å². The predicted molar refractivity (Wildman–Crippen MR) is 87.8 cm³/mol. The van der Waals surface area contributed by atoms with E-state index in [2.05, 4.69) is 15.9 Å². The van der Waals surface area contributed by atoms with Gasteiger partial charge in [-0.05, 0) is 38.5 Å². The molecule has 0 spiro atoms. The number of carbonyl (C=O) groups is 1. The highest BCUT2D eigenvalue weighted by atomic mass is 79.9. The van der Waals surface area contributed by atoms with E-state index in [0.717, 1.165) is 15.6 Å². The quantitative estimate of drug-likeness (QED) is 0.636. The van der Waals surface area contributed by atoms with Crippen LogP contribution in [0.5, 0.6) is 0 Å². The van der Waals surface area contributed by atoms with Gasteiger partial charge in [0.2, 0.25) is 0 Å². The Labute approximate surface area is 135 Å². The molecular formula is C16H24BrNO3. The minimum atomic E-state index is 0.0215. The van der Waals surface area contributed by atoms with Crippen molar-refractivity contribution in [3.05, 3.63) is 33.8 Å². The number of hydrogen-bond donors (Lipinski definition) is 0. The van der Waals surface area contributed by atoms with Crippen LogP contribution in [0.4, 0.5) is 0 Å². The second kappa shape index (κ2) is 9.92. The summed E-state index contributed by atoms with van der Waals surface area (Å²) in [5, 5.41) is 0. The molecule has 0 saturated carbocycles. The average Bonchev–Trinajstić information content (AvgIpc) is 2.48. The van der Waals surface area contributed by atoms with Gasteiger partial charge in [-0.1, -0.05) is 22.0 Å². The van der Waals surface area contributed by atoms with E-state index in [1.165, 1.54) is 0 Å². The standard InChI is InChI=1S/C16H24BrNO3/c1-4-20-11-9-18(10-12-21-5-2)16(19)14-7-6-8-15(17)13(14)3/h6-8H,4-5,9-12H2,1-3H3. The SMILES string of the molecule is CCOCCN(CCOCC)C(=O)c1cccc(Br)c1C. The van der Waals surface area contributed by atoms with E-state index in [4.69, 9.17) is 9.47 Å². The molecule has 0 fully saturated rings. The van der Waals surface area contributed by atoms with Gasteiger partial charge < -0.3 is 14.4 Å². The van der Waals surface area contributed by atoms with E-state index in [9.17, 15) is 4.79 Å². The van der Waals surface area contributed by atoms with Crippen LogP contribution in [0, 0.1) is 6.92 Å². The highest BCUT2D eigenvalue weighted by Crippen LogP contribution is 2.20. The maximum atomic E-state index is 12.7. The van der Waals surface area contributed by atoms with E-state index >= 15 is 0 Å².